The highest BCUT2D eigenvalue weighted by molar-refractivity contribution is 5.86. The van der Waals surface area contributed by atoms with Crippen LogP contribution in [-0.4, -0.2) is 40.9 Å². The zero-order chi connectivity index (χ0) is 17.3. The number of nitrogens with one attached hydrogen (secondary N) is 1. The molecule has 1 aromatic heterocycles. The number of benzene rings is 2. The second-order valence-corrected chi connectivity index (χ2v) is 7.18. The summed E-state index contributed by atoms with van der Waals surface area (Å²) < 4.78 is 8.31. The van der Waals surface area contributed by atoms with E-state index in [-0.39, 0.29) is 6.10 Å². The summed E-state index contributed by atoms with van der Waals surface area (Å²) in [6.45, 7) is 6.51. The van der Waals surface area contributed by atoms with Gasteiger partial charge in [0.15, 0.2) is 0 Å². The Hall–Kier alpha value is -2.21. The molecule has 1 N–H and O–H groups in total. The van der Waals surface area contributed by atoms with Gasteiger partial charge in [0.25, 0.3) is 0 Å². The smallest absolute Gasteiger partial charge is 0.0958 e. The van der Waals surface area contributed by atoms with E-state index in [1.165, 1.54) is 27.6 Å². The van der Waals surface area contributed by atoms with Gasteiger partial charge >= 0.3 is 0 Å². The summed E-state index contributed by atoms with van der Waals surface area (Å²) in [5.41, 5.74) is 3.98. The lowest BCUT2D eigenvalue weighted by molar-refractivity contribution is -0.0323. The molecule has 0 spiro atoms. The minimum atomic E-state index is 0.124. The lowest BCUT2D eigenvalue weighted by atomic mass is 9.99. The molecule has 0 saturated carbocycles. The predicted octanol–water partition coefficient (Wildman–Crippen LogP) is 2.71. The molecule has 1 unspecified atom stereocenters. The maximum Gasteiger partial charge on any atom is 0.0958 e. The van der Waals surface area contributed by atoms with E-state index >= 15 is 0 Å². The molecule has 1 saturated heterocycles. The highest BCUT2D eigenvalue weighted by atomic mass is 16.5. The maximum absolute atomic E-state index is 6.16. The molecule has 2 aromatic carbocycles. The molecule has 1 atom stereocenters. The first kappa shape index (κ1) is 16.0. The number of hydrogen-bond donors (Lipinski definition) is 1. The zero-order valence-corrected chi connectivity index (χ0v) is 14.9. The van der Waals surface area contributed by atoms with Gasteiger partial charge in [-0.1, -0.05) is 42.5 Å². The van der Waals surface area contributed by atoms with E-state index in [0.717, 1.165) is 45.9 Å². The van der Waals surface area contributed by atoms with Crippen molar-refractivity contribution in [1.29, 1.82) is 0 Å². The van der Waals surface area contributed by atoms with Gasteiger partial charge in [-0.25, -0.2) is 0 Å². The molecule has 26 heavy (non-hydrogen) atoms. The molecule has 3 aromatic rings. The Bertz CT molecular complexity index is 914. The molecule has 1 fully saturated rings. The highest BCUT2D eigenvalue weighted by Gasteiger charge is 2.25. The molecule has 5 nitrogen and oxygen atoms in total. The van der Waals surface area contributed by atoms with E-state index in [2.05, 4.69) is 62.5 Å². The van der Waals surface area contributed by atoms with Gasteiger partial charge in [0.2, 0.25) is 0 Å². The van der Waals surface area contributed by atoms with E-state index < -0.39 is 0 Å². The van der Waals surface area contributed by atoms with Crippen molar-refractivity contribution in [3.8, 4) is 0 Å². The van der Waals surface area contributed by atoms with Gasteiger partial charge in [0.1, 0.15) is 0 Å². The molecule has 3 heterocycles. The number of hydrogen-bond acceptors (Lipinski definition) is 4. The molecule has 2 aliphatic heterocycles. The van der Waals surface area contributed by atoms with Crippen molar-refractivity contribution in [3.63, 3.8) is 0 Å². The Balaban J connectivity index is 1.37. The first-order valence-corrected chi connectivity index (χ1v) is 9.44. The molecule has 0 radical (unpaired) electrons. The standard InChI is InChI=1S/C21H24N4O/c1-2-6-18-16(4-1)5-3-7-19(18)21-15-24(10-11-26-21)14-17-12-23-25-9-8-22-13-20(17)25/h1-7,12,21-22H,8-11,13-15H2. The lowest BCUT2D eigenvalue weighted by Crippen LogP contribution is -2.38. The fraction of sp³-hybridized carbons (Fsp3) is 0.381. The number of ether oxygens (including phenoxy) is 1. The zero-order valence-electron chi connectivity index (χ0n) is 14.9. The quantitative estimate of drug-likeness (QED) is 0.790. The maximum atomic E-state index is 6.16. The topological polar surface area (TPSA) is 42.3 Å². The summed E-state index contributed by atoms with van der Waals surface area (Å²) >= 11 is 0. The van der Waals surface area contributed by atoms with Gasteiger partial charge in [-0.15, -0.1) is 0 Å². The first-order valence-electron chi connectivity index (χ1n) is 9.44. The third-order valence-electron chi connectivity index (χ3n) is 5.54. The van der Waals surface area contributed by atoms with Gasteiger partial charge in [0, 0.05) is 38.3 Å². The van der Waals surface area contributed by atoms with Crippen LogP contribution in [-0.2, 0) is 24.4 Å². The van der Waals surface area contributed by atoms with Crippen molar-refractivity contribution in [3.05, 3.63) is 65.5 Å². The third kappa shape index (κ3) is 2.92. The van der Waals surface area contributed by atoms with Crippen molar-refractivity contribution in [2.45, 2.75) is 25.7 Å². The van der Waals surface area contributed by atoms with Crippen LogP contribution in [0.15, 0.2) is 48.7 Å². The molecule has 5 heteroatoms. The van der Waals surface area contributed by atoms with Gasteiger partial charge in [-0.3, -0.25) is 9.58 Å². The Kier molecular flexibility index (Phi) is 4.21. The number of aromatic nitrogens is 2. The van der Waals surface area contributed by atoms with Crippen LogP contribution in [0.2, 0.25) is 0 Å². The van der Waals surface area contributed by atoms with Gasteiger partial charge in [0.05, 0.1) is 31.1 Å². The molecule has 134 valence electrons. The van der Waals surface area contributed by atoms with Crippen LogP contribution in [0.4, 0.5) is 0 Å². The number of nitrogens with zero attached hydrogens (tertiary/aromatic N) is 3. The van der Waals surface area contributed by atoms with E-state index in [4.69, 9.17) is 4.74 Å². The number of rotatable bonds is 3. The van der Waals surface area contributed by atoms with Gasteiger partial charge in [-0.2, -0.15) is 5.10 Å². The van der Waals surface area contributed by atoms with Crippen LogP contribution in [0, 0.1) is 0 Å². The second-order valence-electron chi connectivity index (χ2n) is 7.18. The minimum absolute atomic E-state index is 0.124. The molecule has 0 bridgehead atoms. The summed E-state index contributed by atoms with van der Waals surface area (Å²) in [6.07, 6.45) is 2.17. The van der Waals surface area contributed by atoms with E-state index in [1.807, 2.05) is 6.20 Å². The SMILES string of the molecule is c1ccc2c(C3CN(Cc4cnn5c4CNCC5)CCO3)cccc2c1. The van der Waals surface area contributed by atoms with Crippen molar-refractivity contribution in [1.82, 2.24) is 20.0 Å². The lowest BCUT2D eigenvalue weighted by Gasteiger charge is -2.33. The fourth-order valence-corrected chi connectivity index (χ4v) is 4.18. The Morgan fingerprint density at radius 2 is 2.04 bits per heavy atom. The Labute approximate surface area is 153 Å². The first-order chi connectivity index (χ1) is 12.9. The summed E-state index contributed by atoms with van der Waals surface area (Å²) in [5, 5.41) is 10.6. The van der Waals surface area contributed by atoms with Crippen molar-refractivity contribution in [2.24, 2.45) is 0 Å². The molecule has 0 amide bonds. The highest BCUT2D eigenvalue weighted by Crippen LogP contribution is 2.30. The summed E-state index contributed by atoms with van der Waals surface area (Å²) in [6, 6.07) is 15.1. The van der Waals surface area contributed by atoms with Gasteiger partial charge < -0.3 is 10.1 Å². The van der Waals surface area contributed by atoms with Crippen molar-refractivity contribution >= 4 is 10.8 Å². The van der Waals surface area contributed by atoms with E-state index in [0.29, 0.717) is 0 Å². The average molecular weight is 348 g/mol. The van der Waals surface area contributed by atoms with E-state index in [1.54, 1.807) is 0 Å². The largest absolute Gasteiger partial charge is 0.371 e. The van der Waals surface area contributed by atoms with E-state index in [9.17, 15) is 0 Å². The Morgan fingerprint density at radius 1 is 1.12 bits per heavy atom. The Morgan fingerprint density at radius 3 is 3.04 bits per heavy atom. The number of morpholine rings is 1. The fourth-order valence-electron chi connectivity index (χ4n) is 4.18. The van der Waals surface area contributed by atoms with Crippen LogP contribution >= 0.6 is 0 Å². The van der Waals surface area contributed by atoms with Crippen LogP contribution in [0.25, 0.3) is 10.8 Å². The molecular formula is C21H24N4O. The normalized spacial score (nSPS) is 21.0. The van der Waals surface area contributed by atoms with Crippen LogP contribution in [0.5, 0.6) is 0 Å². The van der Waals surface area contributed by atoms with Crippen LogP contribution < -0.4 is 5.32 Å². The van der Waals surface area contributed by atoms with Crippen LogP contribution in [0.1, 0.15) is 22.9 Å². The van der Waals surface area contributed by atoms with Gasteiger partial charge in [-0.05, 0) is 16.3 Å². The average Bonchev–Trinajstić information content (AvgIpc) is 3.11. The monoisotopic (exact) mass is 348 g/mol. The third-order valence-corrected chi connectivity index (χ3v) is 5.54. The predicted molar refractivity (Wildman–Crippen MR) is 102 cm³/mol. The minimum Gasteiger partial charge on any atom is -0.371 e. The molecule has 5 rings (SSSR count). The summed E-state index contributed by atoms with van der Waals surface area (Å²) in [4.78, 5) is 2.50. The molecule has 0 aliphatic carbocycles. The summed E-state index contributed by atoms with van der Waals surface area (Å²) in [7, 11) is 0. The molecular weight excluding hydrogens is 324 g/mol. The number of fused-ring (bicyclic) bond motifs is 2. The second kappa shape index (κ2) is 6.83. The summed E-state index contributed by atoms with van der Waals surface area (Å²) in [5.74, 6) is 0. The van der Waals surface area contributed by atoms with Crippen LogP contribution in [0.3, 0.4) is 0 Å². The molecule has 2 aliphatic rings. The van der Waals surface area contributed by atoms with Crippen molar-refractivity contribution in [2.75, 3.05) is 26.2 Å². The van der Waals surface area contributed by atoms with Crippen molar-refractivity contribution < 1.29 is 4.74 Å².